The van der Waals surface area contributed by atoms with Crippen molar-refractivity contribution < 1.29 is 23.1 Å². The zero-order valence-electron chi connectivity index (χ0n) is 13.1. The highest BCUT2D eigenvalue weighted by Crippen LogP contribution is 2.16. The molecule has 2 heterocycles. The Morgan fingerprint density at radius 3 is 2.29 bits per heavy atom. The molecular formula is C16H19F2N3O3. The van der Waals surface area contributed by atoms with Gasteiger partial charge in [-0.3, -0.25) is 9.59 Å². The maximum absolute atomic E-state index is 13.7. The number of ether oxygens (including phenoxy) is 1. The summed E-state index contributed by atoms with van der Waals surface area (Å²) in [5, 5.41) is 3.10. The Bertz CT molecular complexity index is 607. The summed E-state index contributed by atoms with van der Waals surface area (Å²) in [6.45, 7) is 2.79. The zero-order valence-corrected chi connectivity index (χ0v) is 13.1. The third kappa shape index (κ3) is 3.39. The molecule has 2 fully saturated rings. The molecule has 2 aliphatic heterocycles. The molecule has 2 aliphatic rings. The van der Waals surface area contributed by atoms with Crippen LogP contribution in [-0.4, -0.2) is 73.6 Å². The Morgan fingerprint density at radius 1 is 1.08 bits per heavy atom. The topological polar surface area (TPSA) is 61.9 Å². The number of rotatable bonds is 2. The maximum Gasteiger partial charge on any atom is 0.259 e. The van der Waals surface area contributed by atoms with Gasteiger partial charge in [0.15, 0.2) is 0 Å². The van der Waals surface area contributed by atoms with E-state index in [1.54, 1.807) is 4.90 Å². The first-order valence-electron chi connectivity index (χ1n) is 7.92. The largest absolute Gasteiger partial charge is 0.366 e. The molecule has 0 spiro atoms. The number of piperazine rings is 1. The van der Waals surface area contributed by atoms with Crippen LogP contribution >= 0.6 is 0 Å². The third-order valence-corrected chi connectivity index (χ3v) is 4.26. The summed E-state index contributed by atoms with van der Waals surface area (Å²) in [5.41, 5.74) is -0.544. The van der Waals surface area contributed by atoms with E-state index in [2.05, 4.69) is 5.32 Å². The van der Waals surface area contributed by atoms with Gasteiger partial charge in [-0.15, -0.1) is 0 Å². The van der Waals surface area contributed by atoms with E-state index < -0.39 is 29.2 Å². The number of amides is 2. The van der Waals surface area contributed by atoms with E-state index in [4.69, 9.17) is 4.74 Å². The summed E-state index contributed by atoms with van der Waals surface area (Å²) in [6.07, 6.45) is -0.509. The molecule has 0 aliphatic carbocycles. The molecule has 1 unspecified atom stereocenters. The Hall–Kier alpha value is -2.06. The molecule has 1 N–H and O–H groups in total. The molecule has 0 aromatic heterocycles. The van der Waals surface area contributed by atoms with Crippen LogP contribution in [-0.2, 0) is 9.53 Å². The Morgan fingerprint density at radius 2 is 1.71 bits per heavy atom. The lowest BCUT2D eigenvalue weighted by molar-refractivity contribution is -0.146. The van der Waals surface area contributed by atoms with Crippen LogP contribution in [0.2, 0.25) is 0 Å². The van der Waals surface area contributed by atoms with Gasteiger partial charge in [-0.25, -0.2) is 8.78 Å². The SMILES string of the molecule is O=C(c1c(F)cccc1F)N1CCN(C(=O)C2CNCCO2)CC1. The van der Waals surface area contributed by atoms with E-state index in [-0.39, 0.29) is 19.0 Å². The van der Waals surface area contributed by atoms with Gasteiger partial charge in [-0.1, -0.05) is 6.07 Å². The fourth-order valence-corrected chi connectivity index (χ4v) is 2.92. The average Bonchev–Trinajstić information content (AvgIpc) is 2.62. The first kappa shape index (κ1) is 16.8. The minimum atomic E-state index is -0.875. The lowest BCUT2D eigenvalue weighted by Crippen LogP contribution is -2.56. The summed E-state index contributed by atoms with van der Waals surface area (Å²) in [6, 6.07) is 3.34. The van der Waals surface area contributed by atoms with Gasteiger partial charge in [-0.2, -0.15) is 0 Å². The smallest absolute Gasteiger partial charge is 0.259 e. The first-order valence-corrected chi connectivity index (χ1v) is 7.92. The van der Waals surface area contributed by atoms with E-state index >= 15 is 0 Å². The number of halogens is 2. The number of hydrogen-bond donors (Lipinski definition) is 1. The molecule has 1 aromatic rings. The van der Waals surface area contributed by atoms with Crippen LogP contribution < -0.4 is 5.32 Å². The second kappa shape index (κ2) is 7.23. The predicted molar refractivity (Wildman–Crippen MR) is 81.5 cm³/mol. The van der Waals surface area contributed by atoms with Crippen LogP contribution in [0.15, 0.2) is 18.2 Å². The van der Waals surface area contributed by atoms with Crippen LogP contribution in [0.4, 0.5) is 8.78 Å². The number of nitrogens with zero attached hydrogens (tertiary/aromatic N) is 2. The molecule has 0 radical (unpaired) electrons. The van der Waals surface area contributed by atoms with Crippen molar-refractivity contribution in [1.29, 1.82) is 0 Å². The molecule has 0 saturated carbocycles. The highest BCUT2D eigenvalue weighted by Gasteiger charge is 2.31. The van der Waals surface area contributed by atoms with Crippen LogP contribution in [0.25, 0.3) is 0 Å². The lowest BCUT2D eigenvalue weighted by Gasteiger charge is -2.37. The molecule has 0 bridgehead atoms. The average molecular weight is 339 g/mol. The molecule has 3 rings (SSSR count). The molecule has 2 saturated heterocycles. The molecule has 6 nitrogen and oxygen atoms in total. The van der Waals surface area contributed by atoms with Gasteiger partial charge in [0.05, 0.1) is 6.61 Å². The molecule has 24 heavy (non-hydrogen) atoms. The van der Waals surface area contributed by atoms with Gasteiger partial charge >= 0.3 is 0 Å². The van der Waals surface area contributed by atoms with Crippen LogP contribution in [0.3, 0.4) is 0 Å². The van der Waals surface area contributed by atoms with Gasteiger partial charge in [0.1, 0.15) is 23.3 Å². The second-order valence-electron chi connectivity index (χ2n) is 5.78. The fraction of sp³-hybridized carbons (Fsp3) is 0.500. The van der Waals surface area contributed by atoms with Crippen molar-refractivity contribution in [1.82, 2.24) is 15.1 Å². The highest BCUT2D eigenvalue weighted by atomic mass is 19.1. The van der Waals surface area contributed by atoms with Gasteiger partial charge in [0.25, 0.3) is 11.8 Å². The van der Waals surface area contributed by atoms with E-state index in [9.17, 15) is 18.4 Å². The van der Waals surface area contributed by atoms with Crippen molar-refractivity contribution in [2.45, 2.75) is 6.10 Å². The van der Waals surface area contributed by atoms with Crippen LogP contribution in [0, 0.1) is 11.6 Å². The summed E-state index contributed by atoms with van der Waals surface area (Å²) in [7, 11) is 0. The van der Waals surface area contributed by atoms with E-state index in [1.807, 2.05) is 0 Å². The molecule has 2 amide bonds. The molecule has 1 atom stereocenters. The van der Waals surface area contributed by atoms with Crippen molar-refractivity contribution in [3.05, 3.63) is 35.4 Å². The summed E-state index contributed by atoms with van der Waals surface area (Å²) >= 11 is 0. The number of nitrogens with one attached hydrogen (secondary N) is 1. The number of carbonyl (C=O) groups is 2. The Labute approximate surface area is 138 Å². The van der Waals surface area contributed by atoms with Gasteiger partial charge in [0.2, 0.25) is 0 Å². The van der Waals surface area contributed by atoms with Gasteiger partial charge < -0.3 is 19.9 Å². The lowest BCUT2D eigenvalue weighted by atomic mass is 10.1. The summed E-state index contributed by atoms with van der Waals surface area (Å²) in [4.78, 5) is 27.7. The molecular weight excluding hydrogens is 320 g/mol. The summed E-state index contributed by atoms with van der Waals surface area (Å²) < 4.78 is 32.9. The number of carbonyl (C=O) groups excluding carboxylic acids is 2. The summed E-state index contributed by atoms with van der Waals surface area (Å²) in [5.74, 6) is -2.56. The Balaban J connectivity index is 1.60. The van der Waals surface area contributed by atoms with Crippen LogP contribution in [0.1, 0.15) is 10.4 Å². The minimum absolute atomic E-state index is 0.119. The third-order valence-electron chi connectivity index (χ3n) is 4.26. The molecule has 8 heteroatoms. The zero-order chi connectivity index (χ0) is 17.1. The van der Waals surface area contributed by atoms with Crippen molar-refractivity contribution in [3.63, 3.8) is 0 Å². The second-order valence-corrected chi connectivity index (χ2v) is 5.78. The predicted octanol–water partition coefficient (Wildman–Crippen LogP) is 0.238. The van der Waals surface area contributed by atoms with Crippen molar-refractivity contribution >= 4 is 11.8 Å². The number of benzene rings is 1. The van der Waals surface area contributed by atoms with Gasteiger partial charge in [-0.05, 0) is 12.1 Å². The maximum atomic E-state index is 13.7. The first-order chi connectivity index (χ1) is 11.6. The standard InChI is InChI=1S/C16H19F2N3O3/c17-11-2-1-3-12(18)14(11)16(23)21-7-5-20(6-8-21)15(22)13-10-19-4-9-24-13/h1-3,13,19H,4-10H2. The van der Waals surface area contributed by atoms with Crippen LogP contribution in [0.5, 0.6) is 0 Å². The monoisotopic (exact) mass is 339 g/mol. The van der Waals surface area contributed by atoms with E-state index in [0.29, 0.717) is 26.2 Å². The van der Waals surface area contributed by atoms with E-state index in [1.165, 1.54) is 11.0 Å². The number of morpholine rings is 1. The van der Waals surface area contributed by atoms with Crippen molar-refractivity contribution in [3.8, 4) is 0 Å². The fourth-order valence-electron chi connectivity index (χ4n) is 2.92. The minimum Gasteiger partial charge on any atom is -0.366 e. The number of hydrogen-bond acceptors (Lipinski definition) is 4. The quantitative estimate of drug-likeness (QED) is 0.838. The van der Waals surface area contributed by atoms with Crippen molar-refractivity contribution in [2.24, 2.45) is 0 Å². The van der Waals surface area contributed by atoms with Crippen molar-refractivity contribution in [2.75, 3.05) is 45.9 Å². The Kier molecular flexibility index (Phi) is 5.06. The normalized spacial score (nSPS) is 21.7. The molecule has 1 aromatic carbocycles. The highest BCUT2D eigenvalue weighted by molar-refractivity contribution is 5.95. The van der Waals surface area contributed by atoms with E-state index in [0.717, 1.165) is 18.7 Å². The van der Waals surface area contributed by atoms with Gasteiger partial charge in [0, 0.05) is 39.3 Å². The molecule has 130 valence electrons.